The zero-order valence-electron chi connectivity index (χ0n) is 10.4. The first-order chi connectivity index (χ1) is 8.19. The van der Waals surface area contributed by atoms with Gasteiger partial charge in [-0.2, -0.15) is 0 Å². The summed E-state index contributed by atoms with van der Waals surface area (Å²) in [6, 6.07) is 0. The van der Waals surface area contributed by atoms with E-state index in [1.807, 2.05) is 0 Å². The molecule has 0 aliphatic heterocycles. The van der Waals surface area contributed by atoms with E-state index in [9.17, 15) is 4.79 Å². The molecule has 17 heavy (non-hydrogen) atoms. The second-order valence-electron chi connectivity index (χ2n) is 3.89. The van der Waals surface area contributed by atoms with E-state index >= 15 is 0 Å². The maximum atomic E-state index is 11.7. The van der Waals surface area contributed by atoms with Crippen LogP contribution in [0.25, 0.3) is 0 Å². The molecule has 0 saturated heterocycles. The predicted octanol–water partition coefficient (Wildman–Crippen LogP) is 3.31. The Morgan fingerprint density at radius 2 is 2.12 bits per heavy atom. The number of hydrogen-bond acceptors (Lipinski definition) is 3. The minimum Gasteiger partial charge on any atom is -0.461 e. The van der Waals surface area contributed by atoms with E-state index in [1.165, 1.54) is 19.3 Å². The van der Waals surface area contributed by atoms with Crippen LogP contribution in [0.1, 0.15) is 55.7 Å². The second kappa shape index (κ2) is 7.68. The molecule has 1 rings (SSSR count). The Bertz CT molecular complexity index is 363. The quantitative estimate of drug-likeness (QED) is 0.466. The lowest BCUT2D eigenvalue weighted by molar-refractivity contribution is 0.0518. The number of carbonyl (C=O) groups excluding carboxylic acids is 1. The van der Waals surface area contributed by atoms with E-state index in [1.54, 1.807) is 6.92 Å². The van der Waals surface area contributed by atoms with Crippen LogP contribution in [0.4, 0.5) is 0 Å². The van der Waals surface area contributed by atoms with Crippen molar-refractivity contribution in [3.63, 3.8) is 0 Å². The lowest BCUT2D eigenvalue weighted by Crippen LogP contribution is -2.08. The molecule has 1 aromatic heterocycles. The normalized spacial score (nSPS) is 10.5. The van der Waals surface area contributed by atoms with Crippen molar-refractivity contribution >= 4 is 28.6 Å². The molecular formula is C12H19IN2O2. The zero-order valence-corrected chi connectivity index (χ0v) is 12.5. The van der Waals surface area contributed by atoms with Crippen LogP contribution >= 0.6 is 22.6 Å². The van der Waals surface area contributed by atoms with Gasteiger partial charge in [0.1, 0.15) is 0 Å². The summed E-state index contributed by atoms with van der Waals surface area (Å²) < 4.78 is 5.73. The van der Waals surface area contributed by atoms with Gasteiger partial charge < -0.3 is 9.72 Å². The number of ether oxygens (including phenoxy) is 1. The third-order valence-corrected chi connectivity index (χ3v) is 3.01. The average molecular weight is 350 g/mol. The molecular weight excluding hydrogens is 331 g/mol. The van der Waals surface area contributed by atoms with Crippen molar-refractivity contribution in [1.82, 2.24) is 9.97 Å². The molecule has 96 valence electrons. The van der Waals surface area contributed by atoms with E-state index in [0.29, 0.717) is 12.3 Å². The van der Waals surface area contributed by atoms with Crippen LogP contribution < -0.4 is 0 Å². The number of nitrogens with one attached hydrogen (secondary N) is 1. The Balaban J connectivity index is 2.60. The third-order valence-electron chi connectivity index (χ3n) is 2.50. The van der Waals surface area contributed by atoms with E-state index in [2.05, 4.69) is 39.5 Å². The Morgan fingerprint density at radius 1 is 1.35 bits per heavy atom. The number of rotatable bonds is 7. The molecule has 0 aliphatic carbocycles. The van der Waals surface area contributed by atoms with Gasteiger partial charge in [0.15, 0.2) is 9.53 Å². The van der Waals surface area contributed by atoms with Gasteiger partial charge in [-0.05, 0) is 42.4 Å². The van der Waals surface area contributed by atoms with Crippen molar-refractivity contribution in [2.45, 2.75) is 46.0 Å². The number of halogens is 1. The summed E-state index contributed by atoms with van der Waals surface area (Å²) in [6.07, 6.45) is 5.59. The van der Waals surface area contributed by atoms with Crippen LogP contribution in [0.3, 0.4) is 0 Å². The molecule has 0 bridgehead atoms. The molecule has 0 fully saturated rings. The largest absolute Gasteiger partial charge is 0.461 e. The van der Waals surface area contributed by atoms with Gasteiger partial charge in [-0.25, -0.2) is 9.78 Å². The zero-order chi connectivity index (χ0) is 12.7. The SMILES string of the molecule is CCCCCCc1[nH]c(I)nc1C(=O)OCC. The minimum absolute atomic E-state index is 0.322. The van der Waals surface area contributed by atoms with Gasteiger partial charge in [-0.15, -0.1) is 0 Å². The highest BCUT2D eigenvalue weighted by atomic mass is 127. The van der Waals surface area contributed by atoms with Crippen molar-refractivity contribution in [3.8, 4) is 0 Å². The standard InChI is InChI=1S/C12H19IN2O2/c1-3-5-6-7-8-9-10(11(16)17-4-2)15-12(13)14-9/h3-8H2,1-2H3,(H,14,15). The first-order valence-electron chi connectivity index (χ1n) is 6.10. The minimum atomic E-state index is -0.322. The molecule has 4 nitrogen and oxygen atoms in total. The molecule has 0 aliphatic rings. The highest BCUT2D eigenvalue weighted by molar-refractivity contribution is 14.1. The highest BCUT2D eigenvalue weighted by Gasteiger charge is 2.17. The Morgan fingerprint density at radius 3 is 2.76 bits per heavy atom. The van der Waals surface area contributed by atoms with E-state index in [0.717, 1.165) is 22.4 Å². The number of hydrogen-bond donors (Lipinski definition) is 1. The Hall–Kier alpha value is -0.590. The van der Waals surface area contributed by atoms with E-state index in [4.69, 9.17) is 4.74 Å². The molecule has 0 aromatic carbocycles. The van der Waals surface area contributed by atoms with Gasteiger partial charge in [-0.1, -0.05) is 26.2 Å². The van der Waals surface area contributed by atoms with Crippen molar-refractivity contribution in [2.24, 2.45) is 0 Å². The number of aromatic nitrogens is 2. The third kappa shape index (κ3) is 4.65. The van der Waals surface area contributed by atoms with Crippen LogP contribution in [-0.4, -0.2) is 22.5 Å². The van der Waals surface area contributed by atoms with E-state index in [-0.39, 0.29) is 5.97 Å². The fraction of sp³-hybridized carbons (Fsp3) is 0.667. The molecule has 0 radical (unpaired) electrons. The molecule has 5 heteroatoms. The van der Waals surface area contributed by atoms with Crippen LogP contribution in [0.2, 0.25) is 0 Å². The highest BCUT2D eigenvalue weighted by Crippen LogP contribution is 2.13. The van der Waals surface area contributed by atoms with Crippen LogP contribution in [0.15, 0.2) is 0 Å². The molecule has 0 saturated carbocycles. The lowest BCUT2D eigenvalue weighted by atomic mass is 10.1. The van der Waals surface area contributed by atoms with Crippen LogP contribution in [0.5, 0.6) is 0 Å². The van der Waals surface area contributed by atoms with Gasteiger partial charge in [0.05, 0.1) is 12.3 Å². The number of aromatic amines is 1. The van der Waals surface area contributed by atoms with Crippen molar-refractivity contribution in [3.05, 3.63) is 15.2 Å². The summed E-state index contributed by atoms with van der Waals surface area (Å²) in [5.74, 6) is -0.322. The number of carbonyl (C=O) groups is 1. The van der Waals surface area contributed by atoms with Crippen molar-refractivity contribution in [2.75, 3.05) is 6.61 Å². The molecule has 1 heterocycles. The van der Waals surface area contributed by atoms with Gasteiger partial charge >= 0.3 is 5.97 Å². The number of esters is 1. The first-order valence-corrected chi connectivity index (χ1v) is 7.18. The molecule has 1 N–H and O–H groups in total. The number of imidazole rings is 1. The summed E-state index contributed by atoms with van der Waals surface area (Å²) >= 11 is 2.08. The number of unbranched alkanes of at least 4 members (excludes halogenated alkanes) is 3. The number of H-pyrrole nitrogens is 1. The molecule has 0 spiro atoms. The van der Waals surface area contributed by atoms with Crippen molar-refractivity contribution < 1.29 is 9.53 Å². The lowest BCUT2D eigenvalue weighted by Gasteiger charge is -2.02. The van der Waals surface area contributed by atoms with Gasteiger partial charge in [0.2, 0.25) is 0 Å². The van der Waals surface area contributed by atoms with E-state index < -0.39 is 0 Å². The number of aryl methyl sites for hydroxylation is 1. The summed E-state index contributed by atoms with van der Waals surface area (Å²) in [5.41, 5.74) is 1.36. The summed E-state index contributed by atoms with van der Waals surface area (Å²) in [7, 11) is 0. The van der Waals surface area contributed by atoms with Gasteiger partial charge in [0.25, 0.3) is 0 Å². The second-order valence-corrected chi connectivity index (χ2v) is 4.91. The monoisotopic (exact) mass is 350 g/mol. The summed E-state index contributed by atoms with van der Waals surface area (Å²) in [4.78, 5) is 19.0. The summed E-state index contributed by atoms with van der Waals surface area (Å²) in [5, 5.41) is 0. The van der Waals surface area contributed by atoms with Gasteiger partial charge in [0, 0.05) is 0 Å². The van der Waals surface area contributed by atoms with Gasteiger partial charge in [-0.3, -0.25) is 0 Å². The number of nitrogens with zero attached hydrogens (tertiary/aromatic N) is 1. The maximum absolute atomic E-state index is 11.7. The fourth-order valence-corrected chi connectivity index (χ4v) is 2.22. The smallest absolute Gasteiger partial charge is 0.358 e. The molecule has 0 atom stereocenters. The summed E-state index contributed by atoms with van der Waals surface area (Å²) in [6.45, 7) is 4.37. The fourth-order valence-electron chi connectivity index (χ4n) is 1.66. The predicted molar refractivity (Wildman–Crippen MR) is 75.1 cm³/mol. The van der Waals surface area contributed by atoms with Crippen LogP contribution in [-0.2, 0) is 11.2 Å². The average Bonchev–Trinajstić information content (AvgIpc) is 2.66. The molecule has 0 amide bonds. The van der Waals surface area contributed by atoms with Crippen LogP contribution in [0, 0.1) is 3.83 Å². The molecule has 1 aromatic rings. The Kier molecular flexibility index (Phi) is 6.54. The molecule has 0 unspecified atom stereocenters. The first kappa shape index (κ1) is 14.5. The van der Waals surface area contributed by atoms with Crippen molar-refractivity contribution in [1.29, 1.82) is 0 Å². The maximum Gasteiger partial charge on any atom is 0.358 e. The topological polar surface area (TPSA) is 55.0 Å². The Labute approximate surface area is 116 Å².